The summed E-state index contributed by atoms with van der Waals surface area (Å²) in [7, 11) is 0. The van der Waals surface area contributed by atoms with Crippen molar-refractivity contribution in [3.8, 4) is 0 Å². The second-order valence-electron chi connectivity index (χ2n) is 5.57. The molecule has 0 spiro atoms. The molecule has 0 atom stereocenters. The molecule has 3 rings (SSSR count). The van der Waals surface area contributed by atoms with Crippen LogP contribution in [0.5, 0.6) is 0 Å². The number of nitrogens with one attached hydrogen (secondary N) is 3. The summed E-state index contributed by atoms with van der Waals surface area (Å²) in [6.45, 7) is 1.68. The molecule has 0 unspecified atom stereocenters. The summed E-state index contributed by atoms with van der Waals surface area (Å²) < 4.78 is 13.1. The average molecular weight is 399 g/mol. The third-order valence-corrected chi connectivity index (χ3v) is 4.10. The normalized spacial score (nSPS) is 13.5. The molecule has 138 valence electrons. The second-order valence-corrected chi connectivity index (χ2v) is 6.39. The first-order chi connectivity index (χ1) is 12.5. The molecule has 1 aliphatic heterocycles. The Morgan fingerprint density at radius 2 is 2.08 bits per heavy atom. The number of hydrogen-bond acceptors (Lipinski definition) is 6. The smallest absolute Gasteiger partial charge is 0.266 e. The molecular weight excluding hydrogens is 383 g/mol. The van der Waals surface area contributed by atoms with E-state index in [0.29, 0.717) is 11.6 Å². The minimum atomic E-state index is -0.530. The molecule has 0 saturated carbocycles. The summed E-state index contributed by atoms with van der Waals surface area (Å²) in [6.07, 6.45) is 2.20. The number of carbonyl (C=O) groups excluding carboxylic acids is 1. The molecule has 9 nitrogen and oxygen atoms in total. The summed E-state index contributed by atoms with van der Waals surface area (Å²) in [6, 6.07) is 4.06. The number of nitrogens with zero attached hydrogens (tertiary/aromatic N) is 5. The zero-order valence-electron chi connectivity index (χ0n) is 13.6. The van der Waals surface area contributed by atoms with E-state index in [1.165, 1.54) is 23.0 Å². The molecule has 12 heteroatoms. The van der Waals surface area contributed by atoms with Gasteiger partial charge in [0.25, 0.3) is 11.9 Å². The number of rotatable bonds is 4. The fourth-order valence-corrected chi connectivity index (χ4v) is 2.73. The molecule has 1 fully saturated rings. The molecule has 0 bridgehead atoms. The number of amides is 1. The van der Waals surface area contributed by atoms with Crippen molar-refractivity contribution >= 4 is 46.5 Å². The number of anilines is 2. The summed E-state index contributed by atoms with van der Waals surface area (Å²) in [4.78, 5) is 15.2. The Morgan fingerprint density at radius 1 is 1.31 bits per heavy atom. The van der Waals surface area contributed by atoms with E-state index in [9.17, 15) is 9.18 Å². The molecule has 0 aliphatic carbocycles. The molecule has 3 N–H and O–H groups in total. The van der Waals surface area contributed by atoms with Crippen LogP contribution in [0.15, 0.2) is 18.2 Å². The standard InChI is InChI=1S/C14H16ClFN8OS/c15-10-7-9(3-4-11(10)16)17-14(26)20-18-12(25)8-24-21-13(19-22-24)23-5-1-2-6-23/h3-4,7H,1-2,5-6,8H2,(H,18,25)(H2,17,20,26). The Kier molecular flexibility index (Phi) is 5.78. The molecule has 1 aromatic carbocycles. The molecule has 2 heterocycles. The highest BCUT2D eigenvalue weighted by atomic mass is 35.5. The first kappa shape index (κ1) is 18.3. The van der Waals surface area contributed by atoms with Crippen molar-refractivity contribution in [1.29, 1.82) is 0 Å². The lowest BCUT2D eigenvalue weighted by Crippen LogP contribution is -2.45. The first-order valence-electron chi connectivity index (χ1n) is 7.85. The Balaban J connectivity index is 1.44. The fraction of sp³-hybridized carbons (Fsp3) is 0.357. The predicted molar refractivity (Wildman–Crippen MR) is 98.2 cm³/mol. The highest BCUT2D eigenvalue weighted by Crippen LogP contribution is 2.19. The van der Waals surface area contributed by atoms with Crippen LogP contribution in [0, 0.1) is 5.82 Å². The van der Waals surface area contributed by atoms with Gasteiger partial charge in [-0.05, 0) is 48.5 Å². The summed E-state index contributed by atoms with van der Waals surface area (Å²) in [5, 5.41) is 14.8. The lowest BCUT2D eigenvalue weighted by Gasteiger charge is -2.12. The van der Waals surface area contributed by atoms with Gasteiger partial charge >= 0.3 is 0 Å². The maximum atomic E-state index is 13.1. The minimum Gasteiger partial charge on any atom is -0.338 e. The van der Waals surface area contributed by atoms with Crippen molar-refractivity contribution in [1.82, 2.24) is 31.1 Å². The Labute approximate surface area is 158 Å². The molecule has 1 aliphatic rings. The third-order valence-electron chi connectivity index (χ3n) is 3.61. The van der Waals surface area contributed by atoms with Crippen LogP contribution in [-0.4, -0.2) is 44.3 Å². The largest absolute Gasteiger partial charge is 0.338 e. The summed E-state index contributed by atoms with van der Waals surface area (Å²) in [5.74, 6) is -0.414. The number of benzene rings is 1. The molecule has 26 heavy (non-hydrogen) atoms. The zero-order chi connectivity index (χ0) is 18.5. The number of hydrogen-bond donors (Lipinski definition) is 3. The van der Waals surface area contributed by atoms with Crippen LogP contribution in [0.2, 0.25) is 5.02 Å². The molecule has 1 saturated heterocycles. The summed E-state index contributed by atoms with van der Waals surface area (Å²) >= 11 is 10.7. The third kappa shape index (κ3) is 4.76. The molecule has 1 aromatic heterocycles. The van der Waals surface area contributed by atoms with Crippen molar-refractivity contribution in [2.75, 3.05) is 23.3 Å². The van der Waals surface area contributed by atoms with Crippen LogP contribution in [-0.2, 0) is 11.3 Å². The van der Waals surface area contributed by atoms with Crippen molar-refractivity contribution < 1.29 is 9.18 Å². The molecule has 2 aromatic rings. The van der Waals surface area contributed by atoms with E-state index in [1.807, 2.05) is 4.90 Å². The SMILES string of the molecule is O=C(Cn1nnc(N2CCCC2)n1)NNC(=S)Nc1ccc(F)c(Cl)c1. The topological polar surface area (TPSA) is 100 Å². The van der Waals surface area contributed by atoms with Gasteiger partial charge in [-0.25, -0.2) is 4.39 Å². The van der Waals surface area contributed by atoms with Gasteiger partial charge in [0.1, 0.15) is 12.4 Å². The van der Waals surface area contributed by atoms with Gasteiger partial charge < -0.3 is 10.2 Å². The summed E-state index contributed by atoms with van der Waals surface area (Å²) in [5.41, 5.74) is 5.43. The van der Waals surface area contributed by atoms with Crippen LogP contribution in [0.25, 0.3) is 0 Å². The van der Waals surface area contributed by atoms with Crippen molar-refractivity contribution in [2.24, 2.45) is 0 Å². The highest BCUT2D eigenvalue weighted by molar-refractivity contribution is 7.80. The van der Waals surface area contributed by atoms with Crippen LogP contribution in [0.4, 0.5) is 16.0 Å². The van der Waals surface area contributed by atoms with Gasteiger partial charge in [-0.1, -0.05) is 16.7 Å². The molecule has 1 amide bonds. The Bertz CT molecular complexity index is 810. The average Bonchev–Trinajstić information content (AvgIpc) is 3.28. The van der Waals surface area contributed by atoms with Gasteiger partial charge in [0.2, 0.25) is 0 Å². The first-order valence-corrected chi connectivity index (χ1v) is 8.63. The van der Waals surface area contributed by atoms with Crippen LogP contribution in [0.1, 0.15) is 12.8 Å². The van der Waals surface area contributed by atoms with Gasteiger partial charge in [0, 0.05) is 18.8 Å². The van der Waals surface area contributed by atoms with Crippen molar-refractivity contribution in [3.63, 3.8) is 0 Å². The number of hydrazine groups is 1. The van der Waals surface area contributed by atoms with E-state index in [0.717, 1.165) is 25.9 Å². The van der Waals surface area contributed by atoms with Gasteiger partial charge in [-0.2, -0.15) is 4.80 Å². The second kappa shape index (κ2) is 8.23. The van der Waals surface area contributed by atoms with E-state index in [2.05, 4.69) is 31.6 Å². The van der Waals surface area contributed by atoms with E-state index < -0.39 is 11.7 Å². The molecule has 0 radical (unpaired) electrons. The number of thiocarbonyl (C=S) groups is 1. The Morgan fingerprint density at radius 3 is 2.81 bits per heavy atom. The number of halogens is 2. The lowest BCUT2D eigenvalue weighted by atomic mass is 10.3. The maximum absolute atomic E-state index is 13.1. The minimum absolute atomic E-state index is 0.0344. The fourth-order valence-electron chi connectivity index (χ4n) is 2.38. The van der Waals surface area contributed by atoms with Crippen molar-refractivity contribution in [3.05, 3.63) is 29.0 Å². The van der Waals surface area contributed by atoms with E-state index in [-0.39, 0.29) is 16.7 Å². The van der Waals surface area contributed by atoms with Gasteiger partial charge in [-0.3, -0.25) is 15.6 Å². The zero-order valence-corrected chi connectivity index (χ0v) is 15.1. The number of carbonyl (C=O) groups is 1. The number of aromatic nitrogens is 4. The molecular formula is C14H16ClFN8OS. The van der Waals surface area contributed by atoms with Gasteiger partial charge in [0.15, 0.2) is 5.11 Å². The van der Waals surface area contributed by atoms with Crippen LogP contribution >= 0.6 is 23.8 Å². The van der Waals surface area contributed by atoms with E-state index in [1.54, 1.807) is 0 Å². The maximum Gasteiger partial charge on any atom is 0.266 e. The Hall–Kier alpha value is -2.53. The van der Waals surface area contributed by atoms with Gasteiger partial charge in [-0.15, -0.1) is 5.10 Å². The van der Waals surface area contributed by atoms with E-state index in [4.69, 9.17) is 23.8 Å². The van der Waals surface area contributed by atoms with Crippen molar-refractivity contribution in [2.45, 2.75) is 19.4 Å². The quantitative estimate of drug-likeness (QED) is 0.519. The monoisotopic (exact) mass is 398 g/mol. The van der Waals surface area contributed by atoms with Crippen LogP contribution < -0.4 is 21.1 Å². The van der Waals surface area contributed by atoms with Gasteiger partial charge in [0.05, 0.1) is 5.02 Å². The van der Waals surface area contributed by atoms with Crippen LogP contribution in [0.3, 0.4) is 0 Å². The number of tetrazole rings is 1. The lowest BCUT2D eigenvalue weighted by molar-refractivity contribution is -0.122. The predicted octanol–water partition coefficient (Wildman–Crippen LogP) is 1.08. The highest BCUT2D eigenvalue weighted by Gasteiger charge is 2.17. The van der Waals surface area contributed by atoms with E-state index >= 15 is 0 Å².